The molecule has 2 aromatic rings. The maximum absolute atomic E-state index is 14.3. The zero-order chi connectivity index (χ0) is 30.9. The summed E-state index contributed by atoms with van der Waals surface area (Å²) in [4.78, 5) is 23.7. The number of carbonyl (C=O) groups excluding carboxylic acids is 1. The molecule has 1 aliphatic heterocycles. The number of amides is 1. The Labute approximate surface area is 239 Å². The van der Waals surface area contributed by atoms with E-state index in [1.54, 1.807) is 16.9 Å². The van der Waals surface area contributed by atoms with Gasteiger partial charge in [0, 0.05) is 30.2 Å². The number of primary amides is 1. The summed E-state index contributed by atoms with van der Waals surface area (Å²) < 4.78 is 82.8. The number of carbonyl (C=O) groups is 2. The van der Waals surface area contributed by atoms with E-state index in [0.29, 0.717) is 25.3 Å². The molecule has 1 saturated heterocycles. The zero-order valence-electron chi connectivity index (χ0n) is 22.7. The summed E-state index contributed by atoms with van der Waals surface area (Å²) in [5.41, 5.74) is 0.435. The van der Waals surface area contributed by atoms with Crippen LogP contribution in [0.4, 0.5) is 13.2 Å². The largest absolute Gasteiger partial charge is 0.481 e. The molecular weight excluding hydrogens is 581 g/mol. The van der Waals surface area contributed by atoms with Crippen LogP contribution in [0, 0.1) is 33.5 Å². The van der Waals surface area contributed by atoms with Crippen molar-refractivity contribution in [1.29, 1.82) is 5.26 Å². The molecule has 0 spiro atoms. The first kappa shape index (κ1) is 30.0. The number of nitriles is 1. The molecule has 226 valence electrons. The summed E-state index contributed by atoms with van der Waals surface area (Å²) in [6, 6.07) is 4.61. The second kappa shape index (κ2) is 9.78. The number of carboxylic acids is 1. The van der Waals surface area contributed by atoms with Gasteiger partial charge in [0.2, 0.25) is 5.91 Å². The number of benzene rings is 1. The normalized spacial score (nSPS) is 30.3. The van der Waals surface area contributed by atoms with E-state index in [1.165, 1.54) is 12.3 Å². The Balaban J connectivity index is 1.50. The first-order valence-corrected chi connectivity index (χ1v) is 14.6. The Kier molecular flexibility index (Phi) is 6.99. The number of rotatable bonds is 9. The van der Waals surface area contributed by atoms with Crippen molar-refractivity contribution >= 4 is 21.7 Å². The van der Waals surface area contributed by atoms with Crippen LogP contribution in [0.5, 0.6) is 0 Å². The number of nitrogens with zero attached hydrogens (tertiary/aromatic N) is 3. The van der Waals surface area contributed by atoms with Crippen LogP contribution in [-0.2, 0) is 41.6 Å². The first-order valence-electron chi connectivity index (χ1n) is 13.1. The van der Waals surface area contributed by atoms with Crippen LogP contribution in [0.25, 0.3) is 11.1 Å². The van der Waals surface area contributed by atoms with Crippen molar-refractivity contribution in [2.75, 3.05) is 20.3 Å². The molecular formula is C27H29F3N4O7S. The molecule has 2 heterocycles. The van der Waals surface area contributed by atoms with Gasteiger partial charge in [-0.3, -0.25) is 14.3 Å². The van der Waals surface area contributed by atoms with E-state index in [9.17, 15) is 41.5 Å². The Morgan fingerprint density at radius 3 is 2.48 bits per heavy atom. The van der Waals surface area contributed by atoms with Gasteiger partial charge in [-0.15, -0.1) is 0 Å². The van der Waals surface area contributed by atoms with Crippen molar-refractivity contribution in [1.82, 2.24) is 9.78 Å². The number of halogens is 3. The minimum absolute atomic E-state index is 0.0989. The molecule has 2 aliphatic carbocycles. The van der Waals surface area contributed by atoms with E-state index in [2.05, 4.69) is 5.10 Å². The molecule has 0 bridgehead atoms. The molecule has 2 unspecified atom stereocenters. The van der Waals surface area contributed by atoms with Crippen LogP contribution in [0.1, 0.15) is 31.7 Å². The Bertz CT molecular complexity index is 1600. The summed E-state index contributed by atoms with van der Waals surface area (Å²) in [7, 11) is -3.64. The Hall–Kier alpha value is -3.48. The van der Waals surface area contributed by atoms with Crippen molar-refractivity contribution in [2.24, 2.45) is 27.9 Å². The van der Waals surface area contributed by atoms with Gasteiger partial charge in [0.1, 0.15) is 10.8 Å². The molecule has 11 nitrogen and oxygen atoms in total. The topological polar surface area (TPSA) is 175 Å². The number of methoxy groups -OCH3 is 1. The molecule has 2 saturated carbocycles. The fourth-order valence-electron chi connectivity index (χ4n) is 6.55. The number of carboxylic acid groups (broad SMARTS) is 1. The lowest BCUT2D eigenvalue weighted by Crippen LogP contribution is -2.44. The molecule has 1 amide bonds. The van der Waals surface area contributed by atoms with Gasteiger partial charge in [-0.2, -0.15) is 23.5 Å². The van der Waals surface area contributed by atoms with Crippen molar-refractivity contribution < 1.29 is 45.8 Å². The average molecular weight is 611 g/mol. The van der Waals surface area contributed by atoms with Gasteiger partial charge in [0.25, 0.3) is 0 Å². The molecule has 1 aromatic carbocycles. The van der Waals surface area contributed by atoms with Crippen LogP contribution < -0.4 is 5.73 Å². The third-order valence-corrected chi connectivity index (χ3v) is 11.2. The van der Waals surface area contributed by atoms with Gasteiger partial charge in [0.05, 0.1) is 53.8 Å². The number of sulfone groups is 1. The van der Waals surface area contributed by atoms with Crippen LogP contribution in [0.15, 0.2) is 35.5 Å². The maximum Gasteiger partial charge on any atom is 0.417 e. The van der Waals surface area contributed by atoms with Gasteiger partial charge in [0.15, 0.2) is 9.84 Å². The molecule has 0 radical (unpaired) electrons. The monoisotopic (exact) mass is 610 g/mol. The molecule has 3 N–H and O–H groups in total. The highest BCUT2D eigenvalue weighted by Gasteiger charge is 2.75. The van der Waals surface area contributed by atoms with Crippen LogP contribution in [0.2, 0.25) is 0 Å². The number of aliphatic carboxylic acids is 1. The number of aromatic nitrogens is 2. The molecule has 3 aliphatic rings. The summed E-state index contributed by atoms with van der Waals surface area (Å²) >= 11 is 0. The molecule has 3 fully saturated rings. The third-order valence-electron chi connectivity index (χ3n) is 8.96. The summed E-state index contributed by atoms with van der Waals surface area (Å²) in [5.74, 6) is -3.73. The minimum atomic E-state index is -5.06. The zero-order valence-corrected chi connectivity index (χ0v) is 23.5. The van der Waals surface area contributed by atoms with Crippen LogP contribution in [0.3, 0.4) is 0 Å². The standard InChI is InChI=1S/C27H29F3N4O7S/c1-24(13-41-14-24)12-34-10-16(9-33-34)15-3-4-19(18(5-15)27(28,29)30)42(38,39)17-6-21(40-2)26(7-17,23(36)37)20-8-25(20,11-31)22(32)35/h3-5,9-10,17,20-21H,6-8,12-14H2,1-2H3,(H2,32,35)(H,36,37)/t17-,20?,21+,25?,26+/m1/s1. The van der Waals surface area contributed by atoms with Gasteiger partial charge in [-0.25, -0.2) is 8.42 Å². The van der Waals surface area contributed by atoms with E-state index in [1.807, 2.05) is 6.92 Å². The molecule has 15 heteroatoms. The van der Waals surface area contributed by atoms with E-state index in [-0.39, 0.29) is 17.4 Å². The maximum atomic E-state index is 14.3. The predicted octanol–water partition coefficient (Wildman–Crippen LogP) is 2.64. The van der Waals surface area contributed by atoms with E-state index in [4.69, 9.17) is 15.2 Å². The van der Waals surface area contributed by atoms with Gasteiger partial charge < -0.3 is 20.3 Å². The van der Waals surface area contributed by atoms with E-state index < -0.39 is 79.3 Å². The van der Waals surface area contributed by atoms with Crippen LogP contribution in [-0.4, -0.2) is 66.9 Å². The summed E-state index contributed by atoms with van der Waals surface area (Å²) in [5, 5.41) is 22.5. The smallest absolute Gasteiger partial charge is 0.417 e. The molecule has 1 aromatic heterocycles. The lowest BCUT2D eigenvalue weighted by atomic mass is 9.75. The SMILES string of the molecule is CO[C@H]1C[C@@H](S(=O)(=O)c2ccc(-c3cnn(CC4(C)COC4)c3)cc2C(F)(F)F)C[C@]1(C(=O)O)C1CC1(C#N)C(N)=O. The number of alkyl halides is 3. The number of hydrogen-bond acceptors (Lipinski definition) is 8. The van der Waals surface area contributed by atoms with Crippen molar-refractivity contribution in [2.45, 2.75) is 55.2 Å². The van der Waals surface area contributed by atoms with Crippen molar-refractivity contribution in [3.63, 3.8) is 0 Å². The molecule has 5 atom stereocenters. The highest BCUT2D eigenvalue weighted by molar-refractivity contribution is 7.92. The number of nitrogens with two attached hydrogens (primary N) is 1. The number of hydrogen-bond donors (Lipinski definition) is 2. The molecule has 42 heavy (non-hydrogen) atoms. The van der Waals surface area contributed by atoms with E-state index in [0.717, 1.165) is 19.2 Å². The van der Waals surface area contributed by atoms with Crippen molar-refractivity contribution in [3.8, 4) is 17.2 Å². The van der Waals surface area contributed by atoms with Crippen molar-refractivity contribution in [3.05, 3.63) is 36.2 Å². The average Bonchev–Trinajstić information content (AvgIpc) is 3.27. The lowest BCUT2D eigenvalue weighted by Gasteiger charge is -2.37. The minimum Gasteiger partial charge on any atom is -0.481 e. The van der Waals surface area contributed by atoms with Gasteiger partial charge >= 0.3 is 12.1 Å². The molecule has 5 rings (SSSR count). The third kappa shape index (κ3) is 4.56. The predicted molar refractivity (Wildman–Crippen MR) is 138 cm³/mol. The fourth-order valence-corrected chi connectivity index (χ4v) is 8.57. The highest BCUT2D eigenvalue weighted by atomic mass is 32.2. The second-order valence-electron chi connectivity index (χ2n) is 11.8. The summed E-state index contributed by atoms with van der Waals surface area (Å²) in [6.45, 7) is 3.54. The van der Waals surface area contributed by atoms with Gasteiger partial charge in [-0.05, 0) is 37.0 Å². The highest BCUT2D eigenvalue weighted by Crippen LogP contribution is 2.66. The second-order valence-corrected chi connectivity index (χ2v) is 14.0. The van der Waals surface area contributed by atoms with E-state index >= 15 is 0 Å². The Morgan fingerprint density at radius 2 is 1.98 bits per heavy atom. The van der Waals surface area contributed by atoms with Gasteiger partial charge in [-0.1, -0.05) is 13.0 Å². The quantitative estimate of drug-likeness (QED) is 0.432. The number of ether oxygens (including phenoxy) is 2. The Morgan fingerprint density at radius 1 is 1.29 bits per heavy atom. The van der Waals surface area contributed by atoms with Crippen LogP contribution >= 0.6 is 0 Å². The lowest BCUT2D eigenvalue weighted by molar-refractivity contribution is -0.159. The fraction of sp³-hybridized carbons (Fsp3) is 0.556. The summed E-state index contributed by atoms with van der Waals surface area (Å²) in [6.07, 6.45) is -4.72. The first-order chi connectivity index (χ1) is 19.5.